The molecular weight excluding hydrogens is 331 g/mol. The molecular formula is C13H16BrFN2O3. The first-order valence-corrected chi connectivity index (χ1v) is 6.81. The number of halogens is 2. The van der Waals surface area contributed by atoms with E-state index in [9.17, 15) is 14.0 Å². The van der Waals surface area contributed by atoms with Gasteiger partial charge in [0.2, 0.25) is 0 Å². The van der Waals surface area contributed by atoms with Gasteiger partial charge in [-0.2, -0.15) is 0 Å². The van der Waals surface area contributed by atoms with Crippen LogP contribution in [0.5, 0.6) is 0 Å². The van der Waals surface area contributed by atoms with Gasteiger partial charge in [0.1, 0.15) is 12.4 Å². The number of nitrogens with zero attached hydrogens (tertiary/aromatic N) is 1. The smallest absolute Gasteiger partial charge is 0.323 e. The van der Waals surface area contributed by atoms with E-state index < -0.39 is 17.8 Å². The molecule has 20 heavy (non-hydrogen) atoms. The molecule has 7 heteroatoms. The summed E-state index contributed by atoms with van der Waals surface area (Å²) in [5, 5.41) is 11.4. The zero-order chi connectivity index (χ0) is 15.3. The number of nitrogens with one attached hydrogen (secondary N) is 1. The van der Waals surface area contributed by atoms with Crippen LogP contribution in [0, 0.1) is 11.7 Å². The lowest BCUT2D eigenvalue weighted by Crippen LogP contribution is -2.41. The SMILES string of the molecule is CC(C)CN(CC(=O)O)C(=O)Nc1ccc(F)cc1Br. The highest BCUT2D eigenvalue weighted by molar-refractivity contribution is 9.10. The van der Waals surface area contributed by atoms with Crippen molar-refractivity contribution >= 4 is 33.6 Å². The Hall–Kier alpha value is -1.63. The normalized spacial score (nSPS) is 10.4. The van der Waals surface area contributed by atoms with Gasteiger partial charge in [-0.15, -0.1) is 0 Å². The van der Waals surface area contributed by atoms with Crippen LogP contribution < -0.4 is 5.32 Å². The molecule has 0 aliphatic carbocycles. The summed E-state index contributed by atoms with van der Waals surface area (Å²) in [4.78, 5) is 24.0. The molecule has 0 saturated carbocycles. The highest BCUT2D eigenvalue weighted by Crippen LogP contribution is 2.23. The van der Waals surface area contributed by atoms with Crippen LogP contribution in [-0.4, -0.2) is 35.1 Å². The van der Waals surface area contributed by atoms with Crippen LogP contribution in [0.4, 0.5) is 14.9 Å². The fourth-order valence-electron chi connectivity index (χ4n) is 1.61. The molecule has 1 aromatic rings. The van der Waals surface area contributed by atoms with E-state index >= 15 is 0 Å². The predicted octanol–water partition coefficient (Wildman–Crippen LogP) is 3.16. The Balaban J connectivity index is 2.81. The van der Waals surface area contributed by atoms with Crippen molar-refractivity contribution < 1.29 is 19.1 Å². The molecule has 0 saturated heterocycles. The number of carbonyl (C=O) groups is 2. The summed E-state index contributed by atoms with van der Waals surface area (Å²) in [6.07, 6.45) is 0. The number of amides is 2. The third-order valence-corrected chi connectivity index (χ3v) is 3.03. The van der Waals surface area contributed by atoms with Gasteiger partial charge in [-0.05, 0) is 40.0 Å². The van der Waals surface area contributed by atoms with Gasteiger partial charge in [0.15, 0.2) is 0 Å². The second-order valence-electron chi connectivity index (χ2n) is 4.72. The summed E-state index contributed by atoms with van der Waals surface area (Å²) < 4.78 is 13.4. The highest BCUT2D eigenvalue weighted by Gasteiger charge is 2.18. The van der Waals surface area contributed by atoms with E-state index in [4.69, 9.17) is 5.11 Å². The van der Waals surface area contributed by atoms with Gasteiger partial charge in [0.05, 0.1) is 5.69 Å². The Morgan fingerprint density at radius 1 is 1.45 bits per heavy atom. The van der Waals surface area contributed by atoms with Crippen LogP contribution in [-0.2, 0) is 4.79 Å². The minimum atomic E-state index is -1.08. The molecule has 0 atom stereocenters. The minimum absolute atomic E-state index is 0.136. The van der Waals surface area contributed by atoms with Crippen LogP contribution in [0.15, 0.2) is 22.7 Å². The summed E-state index contributed by atoms with van der Waals surface area (Å²) in [6.45, 7) is 3.70. The second kappa shape index (κ2) is 7.23. The summed E-state index contributed by atoms with van der Waals surface area (Å²) in [5.74, 6) is -1.38. The molecule has 0 aliphatic heterocycles. The number of hydrogen-bond donors (Lipinski definition) is 2. The first kappa shape index (κ1) is 16.4. The van der Waals surface area contributed by atoms with E-state index in [1.807, 2.05) is 13.8 Å². The summed E-state index contributed by atoms with van der Waals surface area (Å²) in [6, 6.07) is 3.31. The van der Waals surface area contributed by atoms with Crippen molar-refractivity contribution in [2.75, 3.05) is 18.4 Å². The number of anilines is 1. The average molecular weight is 347 g/mol. The van der Waals surface area contributed by atoms with Gasteiger partial charge in [-0.25, -0.2) is 9.18 Å². The van der Waals surface area contributed by atoms with E-state index in [1.165, 1.54) is 23.1 Å². The molecule has 110 valence electrons. The molecule has 1 aromatic carbocycles. The number of aliphatic carboxylic acids is 1. The highest BCUT2D eigenvalue weighted by atomic mass is 79.9. The van der Waals surface area contributed by atoms with Crippen molar-refractivity contribution in [2.24, 2.45) is 5.92 Å². The molecule has 0 aromatic heterocycles. The van der Waals surface area contributed by atoms with Crippen molar-refractivity contribution in [3.63, 3.8) is 0 Å². The van der Waals surface area contributed by atoms with E-state index in [0.29, 0.717) is 16.7 Å². The number of urea groups is 1. The quantitative estimate of drug-likeness (QED) is 0.860. The maximum absolute atomic E-state index is 13.0. The maximum Gasteiger partial charge on any atom is 0.323 e. The summed E-state index contributed by atoms with van der Waals surface area (Å²) >= 11 is 3.14. The van der Waals surface area contributed by atoms with Crippen molar-refractivity contribution in [1.82, 2.24) is 4.90 Å². The second-order valence-corrected chi connectivity index (χ2v) is 5.58. The lowest BCUT2D eigenvalue weighted by molar-refractivity contribution is -0.137. The molecule has 2 N–H and O–H groups in total. The molecule has 0 unspecified atom stereocenters. The Kier molecular flexibility index (Phi) is 5.94. The zero-order valence-electron chi connectivity index (χ0n) is 11.2. The van der Waals surface area contributed by atoms with Crippen LogP contribution >= 0.6 is 15.9 Å². The maximum atomic E-state index is 13.0. The molecule has 0 fully saturated rings. The van der Waals surface area contributed by atoms with Crippen LogP contribution in [0.25, 0.3) is 0 Å². The third-order valence-electron chi connectivity index (χ3n) is 2.37. The monoisotopic (exact) mass is 346 g/mol. The molecule has 0 aliphatic rings. The Morgan fingerprint density at radius 3 is 2.60 bits per heavy atom. The van der Waals surface area contributed by atoms with Gasteiger partial charge in [0.25, 0.3) is 0 Å². The molecule has 1 rings (SSSR count). The lowest BCUT2D eigenvalue weighted by Gasteiger charge is -2.23. The standard InChI is InChI=1S/C13H16BrFN2O3/c1-8(2)6-17(7-12(18)19)13(20)16-11-4-3-9(15)5-10(11)14/h3-5,8H,6-7H2,1-2H3,(H,16,20)(H,18,19). The Bertz CT molecular complexity index is 508. The van der Waals surface area contributed by atoms with Crippen molar-refractivity contribution in [3.05, 3.63) is 28.5 Å². The molecule has 0 bridgehead atoms. The number of carboxylic acids is 1. The fourth-order valence-corrected chi connectivity index (χ4v) is 2.06. The first-order valence-electron chi connectivity index (χ1n) is 6.02. The third kappa shape index (κ3) is 5.16. The van der Waals surface area contributed by atoms with E-state index in [1.54, 1.807) is 0 Å². The molecule has 2 amide bonds. The van der Waals surface area contributed by atoms with Gasteiger partial charge in [-0.1, -0.05) is 13.8 Å². The van der Waals surface area contributed by atoms with Crippen molar-refractivity contribution in [3.8, 4) is 0 Å². The summed E-state index contributed by atoms with van der Waals surface area (Å²) in [5.41, 5.74) is 0.385. The Morgan fingerprint density at radius 2 is 2.10 bits per heavy atom. The van der Waals surface area contributed by atoms with Crippen molar-refractivity contribution in [1.29, 1.82) is 0 Å². The number of rotatable bonds is 5. The van der Waals surface area contributed by atoms with Gasteiger partial charge in [0, 0.05) is 11.0 Å². The topological polar surface area (TPSA) is 69.6 Å². The summed E-state index contributed by atoms with van der Waals surface area (Å²) in [7, 11) is 0. The number of carboxylic acid groups (broad SMARTS) is 1. The fraction of sp³-hybridized carbons (Fsp3) is 0.385. The predicted molar refractivity (Wildman–Crippen MR) is 77.2 cm³/mol. The lowest BCUT2D eigenvalue weighted by atomic mass is 10.2. The number of carbonyl (C=O) groups excluding carboxylic acids is 1. The first-order chi connectivity index (χ1) is 9.29. The van der Waals surface area contributed by atoms with Crippen molar-refractivity contribution in [2.45, 2.75) is 13.8 Å². The minimum Gasteiger partial charge on any atom is -0.480 e. The molecule has 5 nitrogen and oxygen atoms in total. The van der Waals surface area contributed by atoms with Crippen LogP contribution in [0.2, 0.25) is 0 Å². The molecule has 0 heterocycles. The van der Waals surface area contributed by atoms with E-state index in [0.717, 1.165) is 0 Å². The largest absolute Gasteiger partial charge is 0.480 e. The van der Waals surface area contributed by atoms with Gasteiger partial charge in [-0.3, -0.25) is 4.79 Å². The Labute approximate surface area is 124 Å². The number of hydrogen-bond acceptors (Lipinski definition) is 2. The van der Waals surface area contributed by atoms with E-state index in [2.05, 4.69) is 21.2 Å². The van der Waals surface area contributed by atoms with Gasteiger partial charge < -0.3 is 15.3 Å². The van der Waals surface area contributed by atoms with Crippen LogP contribution in [0.3, 0.4) is 0 Å². The van der Waals surface area contributed by atoms with Crippen LogP contribution in [0.1, 0.15) is 13.8 Å². The average Bonchev–Trinajstić information content (AvgIpc) is 2.30. The van der Waals surface area contributed by atoms with Gasteiger partial charge >= 0.3 is 12.0 Å². The zero-order valence-corrected chi connectivity index (χ0v) is 12.8. The number of benzene rings is 1. The molecule has 0 spiro atoms. The van der Waals surface area contributed by atoms with E-state index in [-0.39, 0.29) is 12.5 Å². The molecule has 0 radical (unpaired) electrons.